The molecule has 4 rings (SSSR count). The standard InChI is InChI=1S/C36H46F3N5O4/c1-6-47-32-30(33(48-7-2)41-24-40-32)44(34(46)35(3,4)5)21-11-10-20-43-22-18-27(19-23-43)42-31(45)29-13-9-8-12-28(29)25-14-16-26(17-15-25)36(37,38)39/h8-9,12-17,24,27H,6-7,10-11,18-23H2,1-5H3,(H,42,45). The summed E-state index contributed by atoms with van der Waals surface area (Å²) in [6.45, 7) is 13.0. The minimum atomic E-state index is -4.42. The molecule has 260 valence electrons. The third-order valence-corrected chi connectivity index (χ3v) is 8.20. The molecule has 2 heterocycles. The van der Waals surface area contributed by atoms with Gasteiger partial charge in [0, 0.05) is 36.7 Å². The number of ether oxygens (including phenoxy) is 2. The second-order valence-electron chi connectivity index (χ2n) is 12.8. The van der Waals surface area contributed by atoms with Gasteiger partial charge in [-0.15, -0.1) is 0 Å². The maximum Gasteiger partial charge on any atom is 0.416 e. The zero-order chi connectivity index (χ0) is 34.9. The molecule has 0 saturated carbocycles. The lowest BCUT2D eigenvalue weighted by Crippen LogP contribution is -2.45. The normalized spacial score (nSPS) is 14.4. The van der Waals surface area contributed by atoms with Crippen LogP contribution in [0.2, 0.25) is 0 Å². The summed E-state index contributed by atoms with van der Waals surface area (Å²) in [6, 6.07) is 11.8. The molecule has 1 fully saturated rings. The van der Waals surface area contributed by atoms with Gasteiger partial charge in [0.15, 0.2) is 5.69 Å². The number of anilines is 1. The van der Waals surface area contributed by atoms with Crippen LogP contribution >= 0.6 is 0 Å². The van der Waals surface area contributed by atoms with Gasteiger partial charge in [-0.05, 0) is 75.4 Å². The van der Waals surface area contributed by atoms with Crippen LogP contribution in [0, 0.1) is 5.41 Å². The maximum atomic E-state index is 13.6. The molecule has 9 nitrogen and oxygen atoms in total. The number of amides is 2. The first kappa shape index (κ1) is 36.6. The second kappa shape index (κ2) is 16.3. The molecule has 0 radical (unpaired) electrons. The molecule has 1 aliphatic rings. The Labute approximate surface area is 280 Å². The highest BCUT2D eigenvalue weighted by molar-refractivity contribution is 6.01. The Morgan fingerprint density at radius 1 is 0.917 bits per heavy atom. The van der Waals surface area contributed by atoms with E-state index >= 15 is 0 Å². The fraction of sp³-hybridized carbons (Fsp3) is 0.500. The Morgan fingerprint density at radius 3 is 2.08 bits per heavy atom. The lowest BCUT2D eigenvalue weighted by atomic mass is 9.94. The molecule has 0 atom stereocenters. The molecular formula is C36H46F3N5O4. The van der Waals surface area contributed by atoms with Gasteiger partial charge in [0.2, 0.25) is 17.7 Å². The van der Waals surface area contributed by atoms with Crippen molar-refractivity contribution in [2.45, 2.75) is 72.5 Å². The van der Waals surface area contributed by atoms with Crippen LogP contribution in [0.1, 0.15) is 76.2 Å². The van der Waals surface area contributed by atoms with E-state index in [1.165, 1.54) is 18.5 Å². The number of carbonyl (C=O) groups excluding carboxylic acids is 2. The molecular weight excluding hydrogens is 623 g/mol. The van der Waals surface area contributed by atoms with Gasteiger partial charge in [-0.25, -0.2) is 0 Å². The maximum absolute atomic E-state index is 13.6. The number of unbranched alkanes of at least 4 members (excludes halogenated alkanes) is 1. The summed E-state index contributed by atoms with van der Waals surface area (Å²) in [4.78, 5) is 39.6. The molecule has 48 heavy (non-hydrogen) atoms. The third kappa shape index (κ3) is 9.46. The fourth-order valence-electron chi connectivity index (χ4n) is 5.72. The van der Waals surface area contributed by atoms with E-state index in [0.29, 0.717) is 53.9 Å². The van der Waals surface area contributed by atoms with Gasteiger partial charge in [-0.3, -0.25) is 9.59 Å². The third-order valence-electron chi connectivity index (χ3n) is 8.20. The van der Waals surface area contributed by atoms with E-state index in [0.717, 1.165) is 57.5 Å². The van der Waals surface area contributed by atoms with Crippen molar-refractivity contribution in [2.24, 2.45) is 5.41 Å². The van der Waals surface area contributed by atoms with Crippen molar-refractivity contribution in [3.63, 3.8) is 0 Å². The average molecular weight is 670 g/mol. The highest BCUT2D eigenvalue weighted by Crippen LogP contribution is 2.37. The first-order valence-corrected chi connectivity index (χ1v) is 16.6. The predicted octanol–water partition coefficient (Wildman–Crippen LogP) is 7.01. The Kier molecular flexibility index (Phi) is 12.4. The lowest BCUT2D eigenvalue weighted by molar-refractivity contribution is -0.137. The number of halogens is 3. The molecule has 2 aromatic carbocycles. The number of alkyl halides is 3. The monoisotopic (exact) mass is 669 g/mol. The van der Waals surface area contributed by atoms with E-state index in [4.69, 9.17) is 9.47 Å². The number of nitrogens with one attached hydrogen (secondary N) is 1. The number of aromatic nitrogens is 2. The SMILES string of the molecule is CCOc1ncnc(OCC)c1N(CCCCN1CCC(NC(=O)c2ccccc2-c2ccc(C(F)(F)F)cc2)CC1)C(=O)C(C)(C)C. The van der Waals surface area contributed by atoms with E-state index in [1.54, 1.807) is 29.2 Å². The van der Waals surface area contributed by atoms with Crippen molar-refractivity contribution < 1.29 is 32.2 Å². The van der Waals surface area contributed by atoms with Crippen LogP contribution in [0.5, 0.6) is 11.8 Å². The van der Waals surface area contributed by atoms with Gasteiger partial charge in [-0.2, -0.15) is 23.1 Å². The smallest absolute Gasteiger partial charge is 0.416 e. The summed E-state index contributed by atoms with van der Waals surface area (Å²) >= 11 is 0. The van der Waals surface area contributed by atoms with E-state index in [2.05, 4.69) is 20.2 Å². The van der Waals surface area contributed by atoms with Crippen LogP contribution in [-0.4, -0.2) is 72.1 Å². The van der Waals surface area contributed by atoms with E-state index in [1.807, 2.05) is 34.6 Å². The number of nitrogens with zero attached hydrogens (tertiary/aromatic N) is 4. The summed E-state index contributed by atoms with van der Waals surface area (Å²) in [5.74, 6) is 0.324. The zero-order valence-corrected chi connectivity index (χ0v) is 28.4. The fourth-order valence-corrected chi connectivity index (χ4v) is 5.72. The Bertz CT molecular complexity index is 1490. The molecule has 12 heteroatoms. The van der Waals surface area contributed by atoms with Crippen molar-refractivity contribution >= 4 is 17.5 Å². The summed E-state index contributed by atoms with van der Waals surface area (Å²) in [5, 5.41) is 3.13. The van der Waals surface area contributed by atoms with Gasteiger partial charge in [0.1, 0.15) is 6.33 Å². The van der Waals surface area contributed by atoms with Gasteiger partial charge in [0.05, 0.1) is 18.8 Å². The van der Waals surface area contributed by atoms with Crippen molar-refractivity contribution in [3.8, 4) is 22.9 Å². The number of carbonyl (C=O) groups is 2. The van der Waals surface area contributed by atoms with Crippen molar-refractivity contribution in [3.05, 3.63) is 66.0 Å². The first-order chi connectivity index (χ1) is 22.8. The second-order valence-corrected chi connectivity index (χ2v) is 12.8. The lowest BCUT2D eigenvalue weighted by Gasteiger charge is -2.33. The van der Waals surface area contributed by atoms with Crippen LogP contribution in [0.4, 0.5) is 18.9 Å². The molecule has 1 saturated heterocycles. The van der Waals surface area contributed by atoms with Gasteiger partial charge in [-0.1, -0.05) is 51.1 Å². The van der Waals surface area contributed by atoms with Crippen molar-refractivity contribution in [1.29, 1.82) is 0 Å². The number of likely N-dealkylation sites (tertiary alicyclic amines) is 1. The molecule has 0 bridgehead atoms. The highest BCUT2D eigenvalue weighted by Gasteiger charge is 2.33. The number of hydrogen-bond acceptors (Lipinski definition) is 7. The number of hydrogen-bond donors (Lipinski definition) is 1. The molecule has 1 aliphatic heterocycles. The van der Waals surface area contributed by atoms with Gasteiger partial charge in [0.25, 0.3) is 5.91 Å². The van der Waals surface area contributed by atoms with E-state index in [9.17, 15) is 22.8 Å². The first-order valence-electron chi connectivity index (χ1n) is 16.6. The van der Waals surface area contributed by atoms with Gasteiger partial charge < -0.3 is 24.6 Å². The number of benzene rings is 2. The molecule has 0 aliphatic carbocycles. The van der Waals surface area contributed by atoms with Crippen molar-refractivity contribution in [1.82, 2.24) is 20.2 Å². The van der Waals surface area contributed by atoms with E-state index in [-0.39, 0.29) is 17.9 Å². The van der Waals surface area contributed by atoms with Crippen molar-refractivity contribution in [2.75, 3.05) is 44.3 Å². The molecule has 1 N–H and O–H groups in total. The highest BCUT2D eigenvalue weighted by atomic mass is 19.4. The van der Waals surface area contributed by atoms with Crippen LogP contribution in [0.3, 0.4) is 0 Å². The molecule has 3 aromatic rings. The minimum Gasteiger partial charge on any atom is -0.476 e. The number of rotatable bonds is 13. The van der Waals surface area contributed by atoms with Crippen LogP contribution < -0.4 is 19.7 Å². The molecule has 0 unspecified atom stereocenters. The van der Waals surface area contributed by atoms with Gasteiger partial charge >= 0.3 is 6.18 Å². The molecule has 0 spiro atoms. The Morgan fingerprint density at radius 2 is 1.52 bits per heavy atom. The van der Waals surface area contributed by atoms with Crippen LogP contribution in [-0.2, 0) is 11.0 Å². The topological polar surface area (TPSA) is 96.9 Å². The molecule has 2 amide bonds. The summed E-state index contributed by atoms with van der Waals surface area (Å²) in [6.07, 6.45) is 0.107. The minimum absolute atomic E-state index is 0.0126. The van der Waals surface area contributed by atoms with Crippen LogP contribution in [0.15, 0.2) is 54.9 Å². The number of piperidine rings is 1. The zero-order valence-electron chi connectivity index (χ0n) is 28.4. The quantitative estimate of drug-likeness (QED) is 0.196. The van der Waals surface area contributed by atoms with Crippen LogP contribution in [0.25, 0.3) is 11.1 Å². The predicted molar refractivity (Wildman–Crippen MR) is 179 cm³/mol. The average Bonchev–Trinajstić information content (AvgIpc) is 3.05. The van der Waals surface area contributed by atoms with E-state index < -0.39 is 17.2 Å². The summed E-state index contributed by atoms with van der Waals surface area (Å²) in [5.41, 5.74) is 0.648. The molecule has 1 aromatic heterocycles. The Hall–Kier alpha value is -4.19. The Balaban J connectivity index is 1.32. The largest absolute Gasteiger partial charge is 0.476 e. The summed E-state index contributed by atoms with van der Waals surface area (Å²) in [7, 11) is 0. The summed E-state index contributed by atoms with van der Waals surface area (Å²) < 4.78 is 50.7.